The first kappa shape index (κ1) is 17.9. The first-order chi connectivity index (χ1) is 12.6. The van der Waals surface area contributed by atoms with Gasteiger partial charge in [-0.25, -0.2) is 9.59 Å². The van der Waals surface area contributed by atoms with Crippen LogP contribution in [0.2, 0.25) is 0 Å². The maximum atomic E-state index is 12.5. The summed E-state index contributed by atoms with van der Waals surface area (Å²) in [4.78, 5) is 37.6. The summed E-state index contributed by atoms with van der Waals surface area (Å²) in [7, 11) is 1.37. The van der Waals surface area contributed by atoms with Crippen molar-refractivity contribution in [1.29, 1.82) is 0 Å². The Morgan fingerprint density at radius 3 is 2.81 bits per heavy atom. The van der Waals surface area contributed by atoms with Gasteiger partial charge < -0.3 is 19.5 Å². The molecule has 3 rings (SSSR count). The Morgan fingerprint density at radius 1 is 1.31 bits per heavy atom. The zero-order chi connectivity index (χ0) is 18.5. The molecule has 0 bridgehead atoms. The van der Waals surface area contributed by atoms with Gasteiger partial charge in [0.15, 0.2) is 0 Å². The van der Waals surface area contributed by atoms with Crippen LogP contribution < -0.4 is 5.32 Å². The third-order valence-corrected chi connectivity index (χ3v) is 4.23. The fourth-order valence-electron chi connectivity index (χ4n) is 2.95. The average molecular weight is 360 g/mol. The molecular formula is C18H20N2O6. The van der Waals surface area contributed by atoms with Gasteiger partial charge in [-0.1, -0.05) is 30.3 Å². The topological polar surface area (TPSA) is 94.2 Å². The van der Waals surface area contributed by atoms with E-state index in [4.69, 9.17) is 14.2 Å². The standard InChI is InChI=1S/C18H20N2O6/c1-24-17-13(10-15(21)26-17)19-16(22)14-8-5-9-20(14)18(23)25-11-12-6-3-2-4-7-12/h2-4,6-7,10,14,17H,5,8-9,11H2,1H3,(H,19,22). The summed E-state index contributed by atoms with van der Waals surface area (Å²) < 4.78 is 15.2. The van der Waals surface area contributed by atoms with Gasteiger partial charge in [-0.2, -0.15) is 0 Å². The van der Waals surface area contributed by atoms with Gasteiger partial charge in [-0.3, -0.25) is 9.69 Å². The third-order valence-electron chi connectivity index (χ3n) is 4.23. The lowest BCUT2D eigenvalue weighted by atomic mass is 10.2. The van der Waals surface area contributed by atoms with Crippen molar-refractivity contribution < 1.29 is 28.6 Å². The van der Waals surface area contributed by atoms with Gasteiger partial charge in [-0.15, -0.1) is 0 Å². The molecule has 1 aromatic rings. The summed E-state index contributed by atoms with van der Waals surface area (Å²) in [5.74, 6) is -0.983. The number of nitrogens with zero attached hydrogens (tertiary/aromatic N) is 1. The van der Waals surface area contributed by atoms with Crippen LogP contribution in [0, 0.1) is 0 Å². The number of hydrogen-bond acceptors (Lipinski definition) is 6. The largest absolute Gasteiger partial charge is 0.445 e. The molecule has 8 nitrogen and oxygen atoms in total. The van der Waals surface area contributed by atoms with E-state index in [0.717, 1.165) is 5.56 Å². The van der Waals surface area contributed by atoms with Crippen LogP contribution in [0.3, 0.4) is 0 Å². The molecule has 0 aliphatic carbocycles. The molecule has 1 fully saturated rings. The van der Waals surface area contributed by atoms with E-state index in [1.54, 1.807) is 0 Å². The molecule has 0 spiro atoms. The monoisotopic (exact) mass is 360 g/mol. The highest BCUT2D eigenvalue weighted by atomic mass is 16.7. The predicted octanol–water partition coefficient (Wildman–Crippen LogP) is 1.32. The molecule has 1 saturated heterocycles. The number of carbonyl (C=O) groups excluding carboxylic acids is 3. The van der Waals surface area contributed by atoms with E-state index in [-0.39, 0.29) is 12.3 Å². The zero-order valence-corrected chi connectivity index (χ0v) is 14.3. The molecule has 26 heavy (non-hydrogen) atoms. The van der Waals surface area contributed by atoms with Crippen molar-refractivity contribution in [2.75, 3.05) is 13.7 Å². The van der Waals surface area contributed by atoms with E-state index in [1.807, 2.05) is 30.3 Å². The summed E-state index contributed by atoms with van der Waals surface area (Å²) >= 11 is 0. The number of carbonyl (C=O) groups is 3. The quantitative estimate of drug-likeness (QED) is 0.796. The van der Waals surface area contributed by atoms with Crippen LogP contribution in [0.4, 0.5) is 4.79 Å². The van der Waals surface area contributed by atoms with Gasteiger partial charge in [0, 0.05) is 19.7 Å². The van der Waals surface area contributed by atoms with Crippen molar-refractivity contribution in [3.63, 3.8) is 0 Å². The minimum Gasteiger partial charge on any atom is -0.445 e. The maximum absolute atomic E-state index is 12.5. The van der Waals surface area contributed by atoms with E-state index >= 15 is 0 Å². The highest BCUT2D eigenvalue weighted by Gasteiger charge is 2.37. The second-order valence-electron chi connectivity index (χ2n) is 5.99. The van der Waals surface area contributed by atoms with E-state index in [2.05, 4.69) is 5.32 Å². The third kappa shape index (κ3) is 4.02. The van der Waals surface area contributed by atoms with Crippen molar-refractivity contribution in [1.82, 2.24) is 10.2 Å². The van der Waals surface area contributed by atoms with Crippen molar-refractivity contribution in [2.24, 2.45) is 0 Å². The number of hydrogen-bond donors (Lipinski definition) is 1. The van der Waals surface area contributed by atoms with Crippen LogP contribution in [0.1, 0.15) is 18.4 Å². The van der Waals surface area contributed by atoms with Gasteiger partial charge in [0.2, 0.25) is 12.2 Å². The predicted molar refractivity (Wildman–Crippen MR) is 89.5 cm³/mol. The van der Waals surface area contributed by atoms with Crippen LogP contribution in [0.15, 0.2) is 42.1 Å². The Morgan fingerprint density at radius 2 is 2.08 bits per heavy atom. The molecule has 2 atom stereocenters. The summed E-state index contributed by atoms with van der Waals surface area (Å²) in [5, 5.41) is 2.61. The molecule has 2 aliphatic heterocycles. The Kier molecular flexibility index (Phi) is 5.52. The molecular weight excluding hydrogens is 340 g/mol. The lowest BCUT2D eigenvalue weighted by Gasteiger charge is -2.24. The number of methoxy groups -OCH3 is 1. The molecule has 1 N–H and O–H groups in total. The number of cyclic esters (lactones) is 1. The molecule has 0 radical (unpaired) electrons. The van der Waals surface area contributed by atoms with Gasteiger partial charge in [0.25, 0.3) is 0 Å². The van der Waals surface area contributed by atoms with Crippen molar-refractivity contribution in [2.45, 2.75) is 31.8 Å². The Bertz CT molecular complexity index is 718. The second kappa shape index (κ2) is 8.01. The van der Waals surface area contributed by atoms with Crippen LogP contribution >= 0.6 is 0 Å². The van der Waals surface area contributed by atoms with Crippen LogP contribution in [0.25, 0.3) is 0 Å². The van der Waals surface area contributed by atoms with Crippen molar-refractivity contribution in [3.8, 4) is 0 Å². The van der Waals surface area contributed by atoms with Crippen molar-refractivity contribution in [3.05, 3.63) is 47.7 Å². The molecule has 1 aromatic carbocycles. The molecule has 2 heterocycles. The Balaban J connectivity index is 1.58. The van der Waals surface area contributed by atoms with E-state index in [0.29, 0.717) is 19.4 Å². The molecule has 2 aliphatic rings. The Labute approximate surface area is 150 Å². The van der Waals surface area contributed by atoms with Gasteiger partial charge >= 0.3 is 12.1 Å². The van der Waals surface area contributed by atoms with Gasteiger partial charge in [0.05, 0.1) is 5.70 Å². The molecule has 2 unspecified atom stereocenters. The smallest absolute Gasteiger partial charge is 0.410 e. The first-order valence-corrected chi connectivity index (χ1v) is 8.31. The van der Waals surface area contributed by atoms with Gasteiger partial charge in [-0.05, 0) is 18.4 Å². The van der Waals surface area contributed by atoms with E-state index < -0.39 is 30.3 Å². The minimum atomic E-state index is -0.939. The lowest BCUT2D eigenvalue weighted by Crippen LogP contribution is -2.46. The number of rotatable bonds is 5. The molecule has 138 valence electrons. The van der Waals surface area contributed by atoms with Crippen LogP contribution in [-0.2, 0) is 30.4 Å². The SMILES string of the molecule is COC1OC(=O)C=C1NC(=O)C1CCCN1C(=O)OCc1ccccc1. The summed E-state index contributed by atoms with van der Waals surface area (Å²) in [6.45, 7) is 0.581. The molecule has 0 aromatic heterocycles. The number of esters is 1. The number of nitrogens with one attached hydrogen (secondary N) is 1. The van der Waals surface area contributed by atoms with E-state index in [1.165, 1.54) is 18.1 Å². The fraction of sp³-hybridized carbons (Fsp3) is 0.389. The summed E-state index contributed by atoms with van der Waals surface area (Å²) in [6, 6.07) is 8.66. The normalized spacial score (nSPS) is 22.0. The van der Waals surface area contributed by atoms with Crippen LogP contribution in [-0.4, -0.2) is 48.9 Å². The first-order valence-electron chi connectivity index (χ1n) is 8.31. The molecule has 8 heteroatoms. The van der Waals surface area contributed by atoms with E-state index in [9.17, 15) is 14.4 Å². The maximum Gasteiger partial charge on any atom is 0.410 e. The Hall–Kier alpha value is -2.87. The number of amides is 2. The van der Waals surface area contributed by atoms with Gasteiger partial charge in [0.1, 0.15) is 12.6 Å². The average Bonchev–Trinajstić information content (AvgIpc) is 3.27. The minimum absolute atomic E-state index is 0.143. The number of likely N-dealkylation sites (tertiary alicyclic amines) is 1. The number of ether oxygens (including phenoxy) is 3. The summed E-state index contributed by atoms with van der Waals surface area (Å²) in [6.07, 6.45) is 0.903. The highest BCUT2D eigenvalue weighted by Crippen LogP contribution is 2.21. The van der Waals surface area contributed by atoms with Crippen LogP contribution in [0.5, 0.6) is 0 Å². The fourth-order valence-corrected chi connectivity index (χ4v) is 2.95. The zero-order valence-electron chi connectivity index (χ0n) is 14.3. The molecule has 2 amide bonds. The number of benzene rings is 1. The molecule has 0 saturated carbocycles. The summed E-state index contributed by atoms with van der Waals surface area (Å²) in [5.41, 5.74) is 1.10. The van der Waals surface area contributed by atoms with Crippen molar-refractivity contribution >= 4 is 18.0 Å². The second-order valence-corrected chi connectivity index (χ2v) is 5.99. The lowest BCUT2D eigenvalue weighted by molar-refractivity contribution is -0.156. The highest BCUT2D eigenvalue weighted by molar-refractivity contribution is 5.91.